The van der Waals surface area contributed by atoms with Crippen LogP contribution in [-0.2, 0) is 17.6 Å². The number of aromatic amines is 1. The number of anilines is 1. The third-order valence-electron chi connectivity index (χ3n) is 8.69. The summed E-state index contributed by atoms with van der Waals surface area (Å²) in [5.74, 6) is 0.308. The third kappa shape index (κ3) is 4.68. The van der Waals surface area contributed by atoms with Crippen LogP contribution in [0.5, 0.6) is 5.75 Å². The van der Waals surface area contributed by atoms with Gasteiger partial charge in [-0.2, -0.15) is 0 Å². The number of fused-ring (bicyclic) bond motifs is 4. The van der Waals surface area contributed by atoms with Crippen LogP contribution in [0.1, 0.15) is 44.3 Å². The van der Waals surface area contributed by atoms with E-state index < -0.39 is 12.1 Å². The first-order valence-corrected chi connectivity index (χ1v) is 14.8. The average Bonchev–Trinajstić information content (AvgIpc) is 3.54. The van der Waals surface area contributed by atoms with Crippen LogP contribution in [0.2, 0.25) is 0 Å². The van der Waals surface area contributed by atoms with E-state index >= 15 is 0 Å². The van der Waals surface area contributed by atoms with Crippen molar-refractivity contribution < 1.29 is 19.1 Å². The lowest BCUT2D eigenvalue weighted by molar-refractivity contribution is -0.120. The maximum Gasteiger partial charge on any atom is 0.332 e. The van der Waals surface area contributed by atoms with Gasteiger partial charge in [0.1, 0.15) is 17.8 Å². The molecule has 1 aromatic heterocycles. The van der Waals surface area contributed by atoms with E-state index in [4.69, 9.17) is 4.74 Å². The van der Waals surface area contributed by atoms with Crippen LogP contribution in [0.15, 0.2) is 97.1 Å². The Bertz CT molecular complexity index is 1880. The SMILES string of the molecule is COc1ccc(CCNC(=O)c2ccc(N3C(=O)[C@@H]4Cc5c([nH]c6ccccc56)C(c5ccc(C)cc5)N4C3=O)cc2)cc1. The molecule has 220 valence electrons. The Morgan fingerprint density at radius 2 is 1.66 bits per heavy atom. The van der Waals surface area contributed by atoms with E-state index in [9.17, 15) is 14.4 Å². The lowest BCUT2D eigenvalue weighted by Gasteiger charge is -2.36. The molecule has 4 aromatic carbocycles. The molecule has 1 fully saturated rings. The van der Waals surface area contributed by atoms with Crippen molar-refractivity contribution in [2.24, 2.45) is 0 Å². The van der Waals surface area contributed by atoms with Crippen molar-refractivity contribution in [1.82, 2.24) is 15.2 Å². The highest BCUT2D eigenvalue weighted by molar-refractivity contribution is 6.22. The first-order valence-electron chi connectivity index (χ1n) is 14.8. The number of nitrogens with one attached hydrogen (secondary N) is 2. The number of aryl methyl sites for hydroxylation is 1. The van der Waals surface area contributed by atoms with E-state index in [-0.39, 0.29) is 17.8 Å². The number of H-pyrrole nitrogens is 1. The predicted molar refractivity (Wildman–Crippen MR) is 169 cm³/mol. The van der Waals surface area contributed by atoms with Crippen LogP contribution >= 0.6 is 0 Å². The minimum absolute atomic E-state index is 0.216. The highest BCUT2D eigenvalue weighted by atomic mass is 16.5. The summed E-state index contributed by atoms with van der Waals surface area (Å²) in [5.41, 5.74) is 7.05. The summed E-state index contributed by atoms with van der Waals surface area (Å²) < 4.78 is 5.19. The lowest BCUT2D eigenvalue weighted by atomic mass is 9.88. The molecule has 3 heterocycles. The summed E-state index contributed by atoms with van der Waals surface area (Å²) in [6.45, 7) is 2.50. The number of hydrogen-bond acceptors (Lipinski definition) is 4. The Labute approximate surface area is 255 Å². The number of methoxy groups -OCH3 is 1. The number of urea groups is 1. The Hall–Kier alpha value is -5.37. The number of benzene rings is 4. The quantitative estimate of drug-likeness (QED) is 0.232. The van der Waals surface area contributed by atoms with Gasteiger partial charge in [-0.05, 0) is 72.5 Å². The van der Waals surface area contributed by atoms with Gasteiger partial charge in [-0.1, -0.05) is 60.2 Å². The lowest BCUT2D eigenvalue weighted by Crippen LogP contribution is -2.44. The standard InChI is InChI=1S/C36H32N4O4/c1-22-7-11-24(12-8-22)33-32-29(28-5-3-4-6-30(28)38-32)21-31-35(42)39(36(43)40(31)33)26-15-13-25(14-16-26)34(41)37-20-19-23-9-17-27(44-2)18-10-23/h3-18,31,33,38H,19-21H2,1-2H3,(H,37,41)/t31-,33?/m0/s1. The smallest absolute Gasteiger partial charge is 0.332 e. The molecular weight excluding hydrogens is 552 g/mol. The normalized spacial score (nSPS) is 17.5. The van der Waals surface area contributed by atoms with E-state index in [1.54, 1.807) is 36.3 Å². The zero-order chi connectivity index (χ0) is 30.4. The van der Waals surface area contributed by atoms with Gasteiger partial charge in [0.05, 0.1) is 12.8 Å². The van der Waals surface area contributed by atoms with Crippen molar-refractivity contribution in [3.63, 3.8) is 0 Å². The molecule has 2 aliphatic heterocycles. The minimum Gasteiger partial charge on any atom is -0.497 e. The molecule has 8 nitrogen and oxygen atoms in total. The van der Waals surface area contributed by atoms with Crippen LogP contribution in [0, 0.1) is 6.92 Å². The largest absolute Gasteiger partial charge is 0.497 e. The fourth-order valence-corrected chi connectivity index (χ4v) is 6.38. The molecule has 8 heteroatoms. The molecule has 7 rings (SSSR count). The molecule has 1 unspecified atom stereocenters. The van der Waals surface area contributed by atoms with E-state index in [1.807, 2.05) is 73.7 Å². The zero-order valence-electron chi connectivity index (χ0n) is 24.5. The number of carbonyl (C=O) groups is 3. The topological polar surface area (TPSA) is 94.7 Å². The van der Waals surface area contributed by atoms with E-state index in [0.717, 1.165) is 44.6 Å². The number of ether oxygens (including phenoxy) is 1. The maximum atomic E-state index is 14.1. The van der Waals surface area contributed by atoms with Gasteiger partial charge in [0.2, 0.25) is 0 Å². The molecule has 4 amide bonds. The highest BCUT2D eigenvalue weighted by Gasteiger charge is 2.53. The maximum absolute atomic E-state index is 14.1. The number of imide groups is 1. The fraction of sp³-hybridized carbons (Fsp3) is 0.194. The first kappa shape index (κ1) is 27.5. The first-order chi connectivity index (χ1) is 21.4. The molecule has 0 bridgehead atoms. The van der Waals surface area contributed by atoms with E-state index in [1.165, 1.54) is 4.90 Å². The van der Waals surface area contributed by atoms with Crippen LogP contribution in [0.3, 0.4) is 0 Å². The molecule has 2 aliphatic rings. The number of para-hydroxylation sites is 1. The molecule has 0 aliphatic carbocycles. The minimum atomic E-state index is -0.638. The number of amides is 4. The summed E-state index contributed by atoms with van der Waals surface area (Å²) in [5, 5.41) is 4.01. The molecule has 2 N–H and O–H groups in total. The average molecular weight is 585 g/mol. The van der Waals surface area contributed by atoms with Crippen LogP contribution in [0.4, 0.5) is 10.5 Å². The Morgan fingerprint density at radius 1 is 0.932 bits per heavy atom. The van der Waals surface area contributed by atoms with Crippen molar-refractivity contribution in [3.8, 4) is 5.75 Å². The summed E-state index contributed by atoms with van der Waals surface area (Å²) in [7, 11) is 1.63. The number of aromatic nitrogens is 1. The van der Waals surface area contributed by atoms with E-state index in [2.05, 4.69) is 16.4 Å². The Balaban J connectivity index is 1.13. The number of hydrogen-bond donors (Lipinski definition) is 2. The van der Waals surface area contributed by atoms with Gasteiger partial charge in [-0.25, -0.2) is 9.69 Å². The van der Waals surface area contributed by atoms with Gasteiger partial charge in [-0.15, -0.1) is 0 Å². The molecule has 0 spiro atoms. The van der Waals surface area contributed by atoms with Crippen molar-refractivity contribution >= 4 is 34.4 Å². The molecule has 2 atom stereocenters. The second-order valence-electron chi connectivity index (χ2n) is 11.4. The van der Waals surface area contributed by atoms with Crippen LogP contribution in [0.25, 0.3) is 10.9 Å². The molecular formula is C36H32N4O4. The van der Waals surface area contributed by atoms with Crippen molar-refractivity contribution in [2.75, 3.05) is 18.6 Å². The Morgan fingerprint density at radius 3 is 2.39 bits per heavy atom. The highest BCUT2D eigenvalue weighted by Crippen LogP contribution is 2.44. The molecule has 44 heavy (non-hydrogen) atoms. The second kappa shape index (κ2) is 11.0. The third-order valence-corrected chi connectivity index (χ3v) is 8.69. The second-order valence-corrected chi connectivity index (χ2v) is 11.4. The number of rotatable bonds is 7. The summed E-state index contributed by atoms with van der Waals surface area (Å²) in [6, 6.07) is 29.1. The van der Waals surface area contributed by atoms with Gasteiger partial charge in [-0.3, -0.25) is 14.5 Å². The predicted octanol–water partition coefficient (Wildman–Crippen LogP) is 5.94. The summed E-state index contributed by atoms with van der Waals surface area (Å²) in [6.07, 6.45) is 1.11. The van der Waals surface area contributed by atoms with Crippen molar-refractivity contribution in [1.29, 1.82) is 0 Å². The van der Waals surface area contributed by atoms with Gasteiger partial charge in [0.25, 0.3) is 11.8 Å². The zero-order valence-corrected chi connectivity index (χ0v) is 24.5. The molecule has 1 saturated heterocycles. The van der Waals surface area contributed by atoms with Gasteiger partial charge < -0.3 is 15.0 Å². The Kier molecular flexibility index (Phi) is 6.89. The van der Waals surface area contributed by atoms with E-state index in [0.29, 0.717) is 30.6 Å². The fourth-order valence-electron chi connectivity index (χ4n) is 6.38. The van der Waals surface area contributed by atoms with Gasteiger partial charge in [0, 0.05) is 35.1 Å². The van der Waals surface area contributed by atoms with Crippen molar-refractivity contribution in [3.05, 3.63) is 131 Å². The van der Waals surface area contributed by atoms with Gasteiger partial charge >= 0.3 is 6.03 Å². The van der Waals surface area contributed by atoms with Crippen LogP contribution in [-0.4, -0.2) is 47.4 Å². The van der Waals surface area contributed by atoms with Crippen LogP contribution < -0.4 is 15.0 Å². The molecule has 0 saturated carbocycles. The summed E-state index contributed by atoms with van der Waals surface area (Å²) >= 11 is 0. The van der Waals surface area contributed by atoms with Crippen molar-refractivity contribution in [2.45, 2.75) is 31.8 Å². The molecule has 5 aromatic rings. The van der Waals surface area contributed by atoms with Gasteiger partial charge in [0.15, 0.2) is 0 Å². The monoisotopic (exact) mass is 584 g/mol. The number of nitrogens with zero attached hydrogens (tertiary/aromatic N) is 2. The molecule has 0 radical (unpaired) electrons. The summed E-state index contributed by atoms with van der Waals surface area (Å²) in [4.78, 5) is 47.4. The number of carbonyl (C=O) groups excluding carboxylic acids is 3.